The number of aromatic nitrogens is 2. The van der Waals surface area contributed by atoms with Gasteiger partial charge in [0.1, 0.15) is 11.5 Å². The number of hydrogen-bond donors (Lipinski definition) is 2. The van der Waals surface area contributed by atoms with Crippen molar-refractivity contribution in [3.63, 3.8) is 0 Å². The molecule has 0 aliphatic rings. The van der Waals surface area contributed by atoms with Crippen LogP contribution in [0, 0.1) is 5.82 Å². The monoisotopic (exact) mass is 341 g/mol. The number of halogens is 1. The van der Waals surface area contributed by atoms with Crippen LogP contribution >= 0.6 is 0 Å². The Kier molecular flexibility index (Phi) is 5.28. The Bertz CT molecular complexity index is 876. The Balaban J connectivity index is 1.68. The fraction of sp³-hybridized carbons (Fsp3) is 0.263. The SMILES string of the molecule is CCCCOc1ncccc1CNC(=O)c1cc2c(F)cccc2[nH]1. The zero-order valence-electron chi connectivity index (χ0n) is 14.0. The zero-order chi connectivity index (χ0) is 17.6. The van der Waals surface area contributed by atoms with Gasteiger partial charge in [-0.05, 0) is 30.7 Å². The van der Waals surface area contributed by atoms with Crippen LogP contribution in [0.5, 0.6) is 5.88 Å². The topological polar surface area (TPSA) is 67.0 Å². The first-order valence-corrected chi connectivity index (χ1v) is 8.31. The van der Waals surface area contributed by atoms with Gasteiger partial charge in [0.15, 0.2) is 0 Å². The highest BCUT2D eigenvalue weighted by Crippen LogP contribution is 2.19. The lowest BCUT2D eigenvalue weighted by Crippen LogP contribution is -2.23. The molecule has 2 N–H and O–H groups in total. The average Bonchev–Trinajstić information content (AvgIpc) is 3.07. The third-order valence-corrected chi connectivity index (χ3v) is 3.88. The van der Waals surface area contributed by atoms with Gasteiger partial charge in [0, 0.05) is 29.2 Å². The summed E-state index contributed by atoms with van der Waals surface area (Å²) in [6, 6.07) is 9.88. The van der Waals surface area contributed by atoms with Crippen molar-refractivity contribution >= 4 is 16.8 Å². The van der Waals surface area contributed by atoms with Crippen LogP contribution in [0.1, 0.15) is 35.8 Å². The van der Waals surface area contributed by atoms with Crippen molar-refractivity contribution < 1.29 is 13.9 Å². The number of benzene rings is 1. The molecule has 0 saturated heterocycles. The van der Waals surface area contributed by atoms with Crippen molar-refractivity contribution in [2.75, 3.05) is 6.61 Å². The normalized spacial score (nSPS) is 10.8. The van der Waals surface area contributed by atoms with E-state index in [2.05, 4.69) is 22.2 Å². The number of carbonyl (C=O) groups is 1. The maximum atomic E-state index is 13.7. The van der Waals surface area contributed by atoms with Crippen molar-refractivity contribution in [2.24, 2.45) is 0 Å². The van der Waals surface area contributed by atoms with Crippen LogP contribution in [0.25, 0.3) is 10.9 Å². The fourth-order valence-electron chi connectivity index (χ4n) is 2.51. The first-order chi connectivity index (χ1) is 12.2. The molecule has 3 rings (SSSR count). The van der Waals surface area contributed by atoms with E-state index in [1.807, 2.05) is 6.07 Å². The zero-order valence-corrected chi connectivity index (χ0v) is 14.0. The molecule has 0 bridgehead atoms. The summed E-state index contributed by atoms with van der Waals surface area (Å²) in [5.74, 6) is -0.135. The molecule has 1 aromatic carbocycles. The molecule has 6 heteroatoms. The highest BCUT2D eigenvalue weighted by molar-refractivity contribution is 5.98. The number of aromatic amines is 1. The summed E-state index contributed by atoms with van der Waals surface area (Å²) in [6.45, 7) is 2.97. The number of nitrogens with one attached hydrogen (secondary N) is 2. The van der Waals surface area contributed by atoms with Gasteiger partial charge in [-0.15, -0.1) is 0 Å². The summed E-state index contributed by atoms with van der Waals surface area (Å²) in [7, 11) is 0. The van der Waals surface area contributed by atoms with Crippen LogP contribution in [0.3, 0.4) is 0 Å². The van der Waals surface area contributed by atoms with E-state index in [1.165, 1.54) is 12.1 Å². The van der Waals surface area contributed by atoms with Crippen LogP contribution in [0.2, 0.25) is 0 Å². The molecule has 3 aromatic rings. The second-order valence-electron chi connectivity index (χ2n) is 5.74. The third kappa shape index (κ3) is 3.96. The molecule has 0 aliphatic heterocycles. The molecule has 0 unspecified atom stereocenters. The van der Waals surface area contributed by atoms with Gasteiger partial charge < -0.3 is 15.0 Å². The lowest BCUT2D eigenvalue weighted by Gasteiger charge is -2.10. The van der Waals surface area contributed by atoms with Gasteiger partial charge in [-0.25, -0.2) is 9.37 Å². The van der Waals surface area contributed by atoms with Crippen LogP contribution in [0.15, 0.2) is 42.6 Å². The predicted octanol–water partition coefficient (Wildman–Crippen LogP) is 3.81. The first-order valence-electron chi connectivity index (χ1n) is 8.31. The van der Waals surface area contributed by atoms with E-state index in [0.29, 0.717) is 29.1 Å². The van der Waals surface area contributed by atoms with Crippen molar-refractivity contribution in [3.8, 4) is 5.88 Å². The molecule has 0 fully saturated rings. The van der Waals surface area contributed by atoms with Crippen LogP contribution in [-0.2, 0) is 6.54 Å². The van der Waals surface area contributed by atoms with E-state index in [1.54, 1.807) is 24.4 Å². The number of hydrogen-bond acceptors (Lipinski definition) is 3. The molecule has 2 aromatic heterocycles. The minimum Gasteiger partial charge on any atom is -0.477 e. The number of unbranched alkanes of at least 4 members (excludes halogenated alkanes) is 1. The number of amides is 1. The number of rotatable bonds is 7. The Morgan fingerprint density at radius 3 is 3.00 bits per heavy atom. The second kappa shape index (κ2) is 7.79. The minimum absolute atomic E-state index is 0.284. The molecule has 0 spiro atoms. The molecule has 25 heavy (non-hydrogen) atoms. The molecular weight excluding hydrogens is 321 g/mol. The van der Waals surface area contributed by atoms with E-state index < -0.39 is 0 Å². The average molecular weight is 341 g/mol. The summed E-state index contributed by atoms with van der Waals surface area (Å²) in [4.78, 5) is 19.5. The third-order valence-electron chi connectivity index (χ3n) is 3.88. The van der Waals surface area contributed by atoms with Gasteiger partial charge in [-0.3, -0.25) is 4.79 Å². The van der Waals surface area contributed by atoms with Gasteiger partial charge in [0.25, 0.3) is 5.91 Å². The van der Waals surface area contributed by atoms with Crippen LogP contribution in [-0.4, -0.2) is 22.5 Å². The standard InChI is InChI=1S/C19H20FN3O2/c1-2-3-10-25-19-13(6-5-9-21-19)12-22-18(24)17-11-14-15(20)7-4-8-16(14)23-17/h4-9,11,23H,2-3,10,12H2,1H3,(H,22,24). The number of carbonyl (C=O) groups excluding carboxylic acids is 1. The first kappa shape index (κ1) is 17.0. The van der Waals surface area contributed by atoms with Crippen molar-refractivity contribution in [3.05, 3.63) is 59.7 Å². The number of H-pyrrole nitrogens is 1. The largest absolute Gasteiger partial charge is 0.477 e. The highest BCUT2D eigenvalue weighted by Gasteiger charge is 2.13. The Hall–Kier alpha value is -2.89. The number of ether oxygens (including phenoxy) is 1. The van der Waals surface area contributed by atoms with Gasteiger partial charge in [0.2, 0.25) is 5.88 Å². The van der Waals surface area contributed by atoms with Crippen LogP contribution < -0.4 is 10.1 Å². The van der Waals surface area contributed by atoms with E-state index in [0.717, 1.165) is 18.4 Å². The summed E-state index contributed by atoms with van der Waals surface area (Å²) >= 11 is 0. The molecule has 2 heterocycles. The number of pyridine rings is 1. The van der Waals surface area contributed by atoms with E-state index >= 15 is 0 Å². The summed E-state index contributed by atoms with van der Waals surface area (Å²) in [6.07, 6.45) is 3.64. The Morgan fingerprint density at radius 2 is 2.20 bits per heavy atom. The van der Waals surface area contributed by atoms with Crippen molar-refractivity contribution in [1.29, 1.82) is 0 Å². The Morgan fingerprint density at radius 1 is 1.32 bits per heavy atom. The second-order valence-corrected chi connectivity index (χ2v) is 5.74. The predicted molar refractivity (Wildman–Crippen MR) is 94.1 cm³/mol. The molecule has 0 saturated carbocycles. The molecule has 0 atom stereocenters. The molecule has 0 aliphatic carbocycles. The summed E-state index contributed by atoms with van der Waals surface area (Å²) in [5, 5.41) is 3.21. The van der Waals surface area contributed by atoms with Gasteiger partial charge in [-0.1, -0.05) is 25.5 Å². The van der Waals surface area contributed by atoms with Gasteiger partial charge in [-0.2, -0.15) is 0 Å². The quantitative estimate of drug-likeness (QED) is 0.642. The molecule has 130 valence electrons. The highest BCUT2D eigenvalue weighted by atomic mass is 19.1. The minimum atomic E-state index is -0.355. The van der Waals surface area contributed by atoms with Crippen LogP contribution in [0.4, 0.5) is 4.39 Å². The Labute approximate surface area is 145 Å². The maximum absolute atomic E-state index is 13.7. The number of fused-ring (bicyclic) bond motifs is 1. The molecule has 0 radical (unpaired) electrons. The summed E-state index contributed by atoms with van der Waals surface area (Å²) < 4.78 is 19.4. The van der Waals surface area contributed by atoms with E-state index in [-0.39, 0.29) is 18.3 Å². The van der Waals surface area contributed by atoms with Crippen molar-refractivity contribution in [2.45, 2.75) is 26.3 Å². The fourth-order valence-corrected chi connectivity index (χ4v) is 2.51. The molecular formula is C19H20FN3O2. The van der Waals surface area contributed by atoms with Gasteiger partial charge >= 0.3 is 0 Å². The molecule has 1 amide bonds. The van der Waals surface area contributed by atoms with E-state index in [9.17, 15) is 9.18 Å². The lowest BCUT2D eigenvalue weighted by atomic mass is 10.2. The molecule has 5 nitrogen and oxygen atoms in total. The maximum Gasteiger partial charge on any atom is 0.268 e. The number of nitrogens with zero attached hydrogens (tertiary/aromatic N) is 1. The lowest BCUT2D eigenvalue weighted by molar-refractivity contribution is 0.0946. The van der Waals surface area contributed by atoms with E-state index in [4.69, 9.17) is 4.74 Å². The summed E-state index contributed by atoms with van der Waals surface area (Å²) in [5.41, 5.74) is 1.71. The van der Waals surface area contributed by atoms with Gasteiger partial charge in [0.05, 0.1) is 6.61 Å². The smallest absolute Gasteiger partial charge is 0.268 e. The van der Waals surface area contributed by atoms with Crippen molar-refractivity contribution in [1.82, 2.24) is 15.3 Å².